The molecular weight excluding hydrogens is 670 g/mol. The molecule has 2 aliphatic carbocycles. The normalized spacial score (nSPS) is 28.3. The third-order valence-electron chi connectivity index (χ3n) is 10.5. The van der Waals surface area contributed by atoms with Gasteiger partial charge in [0.2, 0.25) is 23.6 Å². The molecule has 3 aromatic carbocycles. The summed E-state index contributed by atoms with van der Waals surface area (Å²) >= 11 is 18.9. The molecule has 4 amide bonds. The van der Waals surface area contributed by atoms with E-state index in [-0.39, 0.29) is 46.0 Å². The van der Waals surface area contributed by atoms with E-state index in [9.17, 15) is 28.7 Å². The Labute approximate surface area is 284 Å². The molecule has 242 valence electrons. The number of ether oxygens (including phenoxy) is 1. The van der Waals surface area contributed by atoms with Crippen LogP contribution in [0.3, 0.4) is 0 Å². The second-order valence-electron chi connectivity index (χ2n) is 12.8. The number of fused-ring (bicyclic) bond motifs is 4. The maximum absolute atomic E-state index is 14.6. The molecule has 2 saturated heterocycles. The van der Waals surface area contributed by atoms with Crippen LogP contribution in [-0.4, -0.2) is 35.8 Å². The van der Waals surface area contributed by atoms with E-state index in [1.165, 1.54) is 30.2 Å². The molecule has 12 heteroatoms. The van der Waals surface area contributed by atoms with E-state index in [1.54, 1.807) is 31.2 Å². The first-order chi connectivity index (χ1) is 22.3. The molecule has 0 bridgehead atoms. The lowest BCUT2D eigenvalue weighted by Crippen LogP contribution is -2.48. The first-order valence-corrected chi connectivity index (χ1v) is 16.2. The van der Waals surface area contributed by atoms with Crippen LogP contribution in [0.15, 0.2) is 60.2 Å². The van der Waals surface area contributed by atoms with Gasteiger partial charge in [-0.25, -0.2) is 14.2 Å². The highest BCUT2D eigenvalue weighted by Crippen LogP contribution is 2.64. The van der Waals surface area contributed by atoms with Crippen LogP contribution < -0.4 is 14.5 Å². The Morgan fingerprint density at radius 2 is 1.55 bits per heavy atom. The van der Waals surface area contributed by atoms with Crippen molar-refractivity contribution in [2.24, 2.45) is 29.1 Å². The SMILES string of the molecule is COc1cc([C@H]2C3=CC[C@@H]4C(=O)N(c5ccc(C)c(Cl)c5)C(=O)[C@@H]4[C@@H]3C[C@H]3C(=O)N(c4ccc(F)c(Cl)c4)C(=O)[C@@]23C)cc(Cl)c1O. The lowest BCUT2D eigenvalue weighted by Gasteiger charge is -2.49. The molecule has 8 nitrogen and oxygen atoms in total. The van der Waals surface area contributed by atoms with Crippen molar-refractivity contribution < 1.29 is 33.4 Å². The first kappa shape index (κ1) is 31.7. The highest BCUT2D eigenvalue weighted by Gasteiger charge is 2.67. The van der Waals surface area contributed by atoms with Gasteiger partial charge < -0.3 is 9.84 Å². The van der Waals surface area contributed by atoms with Crippen LogP contribution in [-0.2, 0) is 19.2 Å². The molecule has 2 heterocycles. The molecule has 6 atom stereocenters. The van der Waals surface area contributed by atoms with Gasteiger partial charge in [0.25, 0.3) is 0 Å². The zero-order valence-corrected chi connectivity index (χ0v) is 27.7. The Morgan fingerprint density at radius 3 is 2.23 bits per heavy atom. The van der Waals surface area contributed by atoms with Crippen molar-refractivity contribution in [1.82, 2.24) is 0 Å². The summed E-state index contributed by atoms with van der Waals surface area (Å²) in [5.74, 6) is -6.56. The fourth-order valence-corrected chi connectivity index (χ4v) is 8.73. The number of amides is 4. The maximum atomic E-state index is 14.6. The largest absolute Gasteiger partial charge is 0.503 e. The maximum Gasteiger partial charge on any atom is 0.241 e. The van der Waals surface area contributed by atoms with Crippen molar-refractivity contribution in [3.63, 3.8) is 0 Å². The van der Waals surface area contributed by atoms with E-state index in [2.05, 4.69) is 0 Å². The predicted molar refractivity (Wildman–Crippen MR) is 174 cm³/mol. The van der Waals surface area contributed by atoms with E-state index in [0.29, 0.717) is 16.3 Å². The van der Waals surface area contributed by atoms with Crippen molar-refractivity contribution >= 4 is 69.8 Å². The number of anilines is 2. The van der Waals surface area contributed by atoms with Gasteiger partial charge in [0.15, 0.2) is 11.5 Å². The number of allylic oxidation sites excluding steroid dienone is 2. The van der Waals surface area contributed by atoms with E-state index >= 15 is 0 Å². The number of phenols is 1. The molecule has 7 rings (SSSR count). The number of halogens is 4. The number of carbonyl (C=O) groups is 4. The Morgan fingerprint density at radius 1 is 0.872 bits per heavy atom. The van der Waals surface area contributed by atoms with Crippen LogP contribution in [0.5, 0.6) is 11.5 Å². The highest BCUT2D eigenvalue weighted by atomic mass is 35.5. The molecule has 0 unspecified atom stereocenters. The van der Waals surface area contributed by atoms with Crippen molar-refractivity contribution in [1.29, 1.82) is 0 Å². The lowest BCUT2D eigenvalue weighted by atomic mass is 9.51. The van der Waals surface area contributed by atoms with Gasteiger partial charge in [-0.3, -0.25) is 19.2 Å². The number of imide groups is 2. The Balaban J connectivity index is 1.39. The summed E-state index contributed by atoms with van der Waals surface area (Å²) in [6.45, 7) is 3.52. The summed E-state index contributed by atoms with van der Waals surface area (Å²) in [6, 6.07) is 11.8. The molecule has 2 aliphatic heterocycles. The van der Waals surface area contributed by atoms with Crippen molar-refractivity contribution in [3.8, 4) is 11.5 Å². The molecule has 0 aromatic heterocycles. The number of aryl methyl sites for hydroxylation is 1. The van der Waals surface area contributed by atoms with Gasteiger partial charge in [0, 0.05) is 10.9 Å². The van der Waals surface area contributed by atoms with Crippen LogP contribution in [0.1, 0.15) is 36.8 Å². The minimum Gasteiger partial charge on any atom is -0.503 e. The number of aromatic hydroxyl groups is 1. The summed E-state index contributed by atoms with van der Waals surface area (Å²) in [5, 5.41) is 10.7. The summed E-state index contributed by atoms with van der Waals surface area (Å²) in [4.78, 5) is 59.2. The molecule has 1 N–H and O–H groups in total. The zero-order chi connectivity index (χ0) is 33.7. The highest BCUT2D eigenvalue weighted by molar-refractivity contribution is 6.33. The van der Waals surface area contributed by atoms with E-state index in [4.69, 9.17) is 39.5 Å². The van der Waals surface area contributed by atoms with E-state index in [1.807, 2.05) is 13.0 Å². The van der Waals surface area contributed by atoms with Gasteiger partial charge in [-0.1, -0.05) is 52.5 Å². The summed E-state index contributed by atoms with van der Waals surface area (Å²) in [6.07, 6.45) is 2.24. The summed E-state index contributed by atoms with van der Waals surface area (Å²) in [5.41, 5.74) is 1.10. The quantitative estimate of drug-likeness (QED) is 0.228. The van der Waals surface area contributed by atoms with Crippen LogP contribution in [0.4, 0.5) is 15.8 Å². The Kier molecular flexibility index (Phi) is 7.46. The smallest absolute Gasteiger partial charge is 0.241 e. The fraction of sp³-hybridized carbons (Fsp3) is 0.314. The molecule has 47 heavy (non-hydrogen) atoms. The van der Waals surface area contributed by atoms with Gasteiger partial charge in [0.05, 0.1) is 51.7 Å². The van der Waals surface area contributed by atoms with Gasteiger partial charge in [-0.15, -0.1) is 0 Å². The number of hydrogen-bond acceptors (Lipinski definition) is 6. The molecule has 4 aliphatic rings. The van der Waals surface area contributed by atoms with Gasteiger partial charge >= 0.3 is 0 Å². The third-order valence-corrected chi connectivity index (χ3v) is 11.4. The topological polar surface area (TPSA) is 104 Å². The van der Waals surface area contributed by atoms with Crippen LogP contribution in [0.2, 0.25) is 15.1 Å². The average molecular weight is 698 g/mol. The molecule has 0 radical (unpaired) electrons. The second-order valence-corrected chi connectivity index (χ2v) is 14.0. The minimum absolute atomic E-state index is 0.0237. The van der Waals surface area contributed by atoms with Crippen LogP contribution in [0, 0.1) is 41.8 Å². The number of carbonyl (C=O) groups excluding carboxylic acids is 4. The number of rotatable bonds is 4. The first-order valence-electron chi connectivity index (χ1n) is 15.0. The van der Waals surface area contributed by atoms with E-state index < -0.39 is 58.5 Å². The molecule has 0 spiro atoms. The molecular formula is C35H28Cl3FN2O6. The molecule has 3 aromatic rings. The number of benzene rings is 3. The van der Waals surface area contributed by atoms with E-state index in [0.717, 1.165) is 22.1 Å². The number of phenolic OH excluding ortho intramolecular Hbond substituents is 1. The lowest BCUT2D eigenvalue weighted by molar-refractivity contribution is -0.131. The monoisotopic (exact) mass is 696 g/mol. The number of hydrogen-bond donors (Lipinski definition) is 1. The third kappa shape index (κ3) is 4.46. The Bertz CT molecular complexity index is 1970. The minimum atomic E-state index is -1.39. The standard InChI is InChI=1S/C35H28Cl3FN2O6/c1-15-4-5-17(12-23(15)36)40-31(43)20-8-7-19-21(28(20)33(40)45)14-22-32(44)41(18-6-9-26(39)24(37)13-18)34(46)35(22,2)29(19)16-10-25(38)30(42)27(11-16)47-3/h4-7,9-13,20-22,28-29,42H,8,14H2,1-3H3/t20-,21+,22-,28-,29-,35+/m0/s1. The van der Waals surface area contributed by atoms with Crippen LogP contribution >= 0.6 is 34.8 Å². The predicted octanol–water partition coefficient (Wildman–Crippen LogP) is 7.24. The zero-order valence-electron chi connectivity index (χ0n) is 25.4. The van der Waals surface area contributed by atoms with Gasteiger partial charge in [0.1, 0.15) is 5.82 Å². The Hall–Kier alpha value is -3.92. The molecule has 3 fully saturated rings. The van der Waals surface area contributed by atoms with Crippen LogP contribution in [0.25, 0.3) is 0 Å². The van der Waals surface area contributed by atoms with Gasteiger partial charge in [-0.05, 0) is 86.2 Å². The van der Waals surface area contributed by atoms with Crippen molar-refractivity contribution in [2.75, 3.05) is 16.9 Å². The summed E-state index contributed by atoms with van der Waals surface area (Å²) in [7, 11) is 1.37. The second kappa shape index (κ2) is 11.1. The number of methoxy groups -OCH3 is 1. The van der Waals surface area contributed by atoms with Crippen molar-refractivity contribution in [2.45, 2.75) is 32.6 Å². The fourth-order valence-electron chi connectivity index (χ4n) is 8.16. The summed E-state index contributed by atoms with van der Waals surface area (Å²) < 4.78 is 19.5. The van der Waals surface area contributed by atoms with Crippen molar-refractivity contribution in [3.05, 3.63) is 92.2 Å². The molecule has 1 saturated carbocycles. The average Bonchev–Trinajstić information content (AvgIpc) is 3.40. The van der Waals surface area contributed by atoms with Gasteiger partial charge in [-0.2, -0.15) is 0 Å². The number of nitrogens with zero attached hydrogens (tertiary/aromatic N) is 2.